The van der Waals surface area contributed by atoms with E-state index in [1.54, 1.807) is 13.2 Å². The third kappa shape index (κ3) is 2.62. The van der Waals surface area contributed by atoms with Crippen LogP contribution in [0.4, 0.5) is 0 Å². The van der Waals surface area contributed by atoms with Gasteiger partial charge in [0.25, 0.3) is 0 Å². The minimum Gasteiger partial charge on any atom is -0.504 e. The van der Waals surface area contributed by atoms with Gasteiger partial charge in [-0.3, -0.25) is 0 Å². The van der Waals surface area contributed by atoms with Crippen LogP contribution in [-0.2, 0) is 6.42 Å². The van der Waals surface area contributed by atoms with E-state index in [-0.39, 0.29) is 5.75 Å². The molecular formula is C13H16O2. The Morgan fingerprint density at radius 3 is 2.73 bits per heavy atom. The van der Waals surface area contributed by atoms with E-state index in [0.717, 1.165) is 17.5 Å². The summed E-state index contributed by atoms with van der Waals surface area (Å²) in [5, 5.41) is 9.63. The Kier molecular flexibility index (Phi) is 3.98. The monoisotopic (exact) mass is 204 g/mol. The van der Waals surface area contributed by atoms with Crippen molar-refractivity contribution < 1.29 is 9.84 Å². The van der Waals surface area contributed by atoms with Gasteiger partial charge in [0, 0.05) is 0 Å². The molecule has 0 saturated heterocycles. The van der Waals surface area contributed by atoms with Crippen molar-refractivity contribution in [3.05, 3.63) is 42.0 Å². The van der Waals surface area contributed by atoms with E-state index in [0.29, 0.717) is 5.75 Å². The van der Waals surface area contributed by atoms with E-state index in [2.05, 4.69) is 6.58 Å². The van der Waals surface area contributed by atoms with Crippen molar-refractivity contribution in [1.82, 2.24) is 0 Å². The van der Waals surface area contributed by atoms with Crippen molar-refractivity contribution >= 4 is 6.08 Å². The maximum absolute atomic E-state index is 9.63. The molecule has 0 unspecified atom stereocenters. The zero-order chi connectivity index (χ0) is 11.3. The van der Waals surface area contributed by atoms with Crippen molar-refractivity contribution in [2.45, 2.75) is 13.3 Å². The van der Waals surface area contributed by atoms with Crippen LogP contribution in [0, 0.1) is 0 Å². The number of hydrogen-bond acceptors (Lipinski definition) is 2. The van der Waals surface area contributed by atoms with Gasteiger partial charge < -0.3 is 9.84 Å². The van der Waals surface area contributed by atoms with Crippen molar-refractivity contribution in [1.29, 1.82) is 0 Å². The molecule has 0 radical (unpaired) electrons. The summed E-state index contributed by atoms with van der Waals surface area (Å²) in [7, 11) is 1.54. The second kappa shape index (κ2) is 5.25. The summed E-state index contributed by atoms with van der Waals surface area (Å²) in [5.74, 6) is 0.665. The fraction of sp³-hybridized carbons (Fsp3) is 0.231. The standard InChI is InChI=1S/C13H16O2/c1-4-6-10-8-12(14)13(15-3)9-11(10)7-5-2/h4-6,8-9,14H,2,7H2,1,3H3. The van der Waals surface area contributed by atoms with Crippen molar-refractivity contribution in [3.63, 3.8) is 0 Å². The maximum atomic E-state index is 9.63. The molecule has 2 nitrogen and oxygen atoms in total. The van der Waals surface area contributed by atoms with Gasteiger partial charge in [0.1, 0.15) is 0 Å². The molecule has 0 aliphatic carbocycles. The first-order valence-corrected chi connectivity index (χ1v) is 4.86. The molecule has 0 atom stereocenters. The van der Waals surface area contributed by atoms with Crippen LogP contribution < -0.4 is 4.74 Å². The fourth-order valence-electron chi connectivity index (χ4n) is 1.46. The zero-order valence-electron chi connectivity index (χ0n) is 9.16. The van der Waals surface area contributed by atoms with E-state index >= 15 is 0 Å². The molecule has 0 heterocycles. The normalized spacial score (nSPS) is 10.5. The summed E-state index contributed by atoms with van der Waals surface area (Å²) in [4.78, 5) is 0. The summed E-state index contributed by atoms with van der Waals surface area (Å²) in [6.45, 7) is 5.65. The molecule has 0 fully saturated rings. The highest BCUT2D eigenvalue weighted by atomic mass is 16.5. The number of phenolic OH excluding ortho intramolecular Hbond substituents is 1. The number of benzene rings is 1. The van der Waals surface area contributed by atoms with Gasteiger partial charge in [-0.1, -0.05) is 18.2 Å². The van der Waals surface area contributed by atoms with E-state index in [1.165, 1.54) is 0 Å². The highest BCUT2D eigenvalue weighted by molar-refractivity contribution is 5.60. The Bertz CT molecular complexity index is 378. The Hall–Kier alpha value is -1.70. The van der Waals surface area contributed by atoms with Crippen LogP contribution in [0.25, 0.3) is 6.08 Å². The predicted octanol–water partition coefficient (Wildman–Crippen LogP) is 3.16. The summed E-state index contributed by atoms with van der Waals surface area (Å²) in [5.41, 5.74) is 2.09. The molecule has 0 amide bonds. The molecule has 0 aliphatic heterocycles. The molecule has 0 aliphatic rings. The lowest BCUT2D eigenvalue weighted by atomic mass is 10.0. The highest BCUT2D eigenvalue weighted by Gasteiger charge is 2.06. The molecule has 0 saturated carbocycles. The van der Waals surface area contributed by atoms with Crippen LogP contribution in [0.15, 0.2) is 30.9 Å². The van der Waals surface area contributed by atoms with Crippen molar-refractivity contribution in [2.24, 2.45) is 0 Å². The Balaban J connectivity index is 3.24. The first kappa shape index (κ1) is 11.4. The van der Waals surface area contributed by atoms with Crippen molar-refractivity contribution in [3.8, 4) is 11.5 Å². The minimum atomic E-state index is 0.165. The number of phenols is 1. The summed E-state index contributed by atoms with van der Waals surface area (Å²) in [6, 6.07) is 3.55. The van der Waals surface area contributed by atoms with Crippen LogP contribution in [0.5, 0.6) is 11.5 Å². The average molecular weight is 204 g/mol. The third-order valence-electron chi connectivity index (χ3n) is 2.15. The van der Waals surface area contributed by atoms with Gasteiger partial charge in [-0.05, 0) is 36.6 Å². The van der Waals surface area contributed by atoms with Crippen LogP contribution in [0.2, 0.25) is 0 Å². The molecule has 0 bridgehead atoms. The first-order chi connectivity index (χ1) is 7.22. The third-order valence-corrected chi connectivity index (χ3v) is 2.15. The van der Waals surface area contributed by atoms with Gasteiger partial charge in [0.15, 0.2) is 11.5 Å². The van der Waals surface area contributed by atoms with Gasteiger partial charge in [-0.25, -0.2) is 0 Å². The summed E-state index contributed by atoms with van der Waals surface area (Å²) in [6.07, 6.45) is 6.49. The molecule has 1 aromatic rings. The molecule has 1 rings (SSSR count). The first-order valence-electron chi connectivity index (χ1n) is 4.86. The minimum absolute atomic E-state index is 0.165. The van der Waals surface area contributed by atoms with Crippen LogP contribution in [0.1, 0.15) is 18.1 Å². The van der Waals surface area contributed by atoms with Crippen molar-refractivity contribution in [2.75, 3.05) is 7.11 Å². The molecule has 0 aromatic heterocycles. The molecule has 80 valence electrons. The lowest BCUT2D eigenvalue weighted by Crippen LogP contribution is -1.91. The Morgan fingerprint density at radius 2 is 2.20 bits per heavy atom. The topological polar surface area (TPSA) is 29.5 Å². The van der Waals surface area contributed by atoms with E-state index in [1.807, 2.05) is 31.2 Å². The summed E-state index contributed by atoms with van der Waals surface area (Å²) >= 11 is 0. The zero-order valence-corrected chi connectivity index (χ0v) is 9.16. The maximum Gasteiger partial charge on any atom is 0.160 e. The van der Waals surface area contributed by atoms with Gasteiger partial charge in [0.2, 0.25) is 0 Å². The quantitative estimate of drug-likeness (QED) is 0.763. The van der Waals surface area contributed by atoms with Crippen LogP contribution in [0.3, 0.4) is 0 Å². The van der Waals surface area contributed by atoms with Crippen LogP contribution in [-0.4, -0.2) is 12.2 Å². The smallest absolute Gasteiger partial charge is 0.160 e. The SMILES string of the molecule is C=CCc1cc(OC)c(O)cc1C=CC. The van der Waals surface area contributed by atoms with E-state index in [9.17, 15) is 5.11 Å². The van der Waals surface area contributed by atoms with E-state index in [4.69, 9.17) is 4.74 Å². The highest BCUT2D eigenvalue weighted by Crippen LogP contribution is 2.30. The summed E-state index contributed by atoms with van der Waals surface area (Å²) < 4.78 is 5.06. The molecule has 1 aromatic carbocycles. The lowest BCUT2D eigenvalue weighted by molar-refractivity contribution is 0.373. The van der Waals surface area contributed by atoms with Crippen LogP contribution >= 0.6 is 0 Å². The van der Waals surface area contributed by atoms with Gasteiger partial charge in [-0.2, -0.15) is 0 Å². The Morgan fingerprint density at radius 1 is 1.47 bits per heavy atom. The predicted molar refractivity (Wildman–Crippen MR) is 63.3 cm³/mol. The second-order valence-corrected chi connectivity index (χ2v) is 3.22. The largest absolute Gasteiger partial charge is 0.504 e. The molecular weight excluding hydrogens is 188 g/mol. The van der Waals surface area contributed by atoms with Gasteiger partial charge in [0.05, 0.1) is 7.11 Å². The average Bonchev–Trinajstić information content (AvgIpc) is 2.22. The lowest BCUT2D eigenvalue weighted by Gasteiger charge is -2.09. The molecule has 15 heavy (non-hydrogen) atoms. The van der Waals surface area contributed by atoms with Gasteiger partial charge in [-0.15, -0.1) is 6.58 Å². The Labute approximate surface area is 90.5 Å². The molecule has 0 spiro atoms. The fourth-order valence-corrected chi connectivity index (χ4v) is 1.46. The number of allylic oxidation sites excluding steroid dienone is 2. The number of hydrogen-bond donors (Lipinski definition) is 1. The molecule has 2 heteroatoms. The number of rotatable bonds is 4. The molecule has 1 N–H and O–H groups in total. The number of methoxy groups -OCH3 is 1. The van der Waals surface area contributed by atoms with Gasteiger partial charge >= 0.3 is 0 Å². The van der Waals surface area contributed by atoms with E-state index < -0.39 is 0 Å². The second-order valence-electron chi connectivity index (χ2n) is 3.22. The number of ether oxygens (including phenoxy) is 1. The number of aromatic hydroxyl groups is 1.